The van der Waals surface area contributed by atoms with E-state index in [1.807, 2.05) is 0 Å². The normalized spacial score (nSPS) is 12.9. The highest BCUT2D eigenvalue weighted by Crippen LogP contribution is 2.23. The Kier molecular flexibility index (Phi) is 10.1. The number of primary amides is 1. The van der Waals surface area contributed by atoms with Crippen molar-refractivity contribution in [2.45, 2.75) is 65.6 Å². The number of benzene rings is 2. The first-order valence-corrected chi connectivity index (χ1v) is 12.3. The van der Waals surface area contributed by atoms with Crippen LogP contribution in [0.4, 0.5) is 4.79 Å². The molecule has 0 fully saturated rings. The highest BCUT2D eigenvalue weighted by molar-refractivity contribution is 5.91. The molecule has 2 rings (SSSR count). The van der Waals surface area contributed by atoms with E-state index < -0.39 is 35.6 Å². The minimum Gasteiger partial charge on any atom is -0.508 e. The van der Waals surface area contributed by atoms with Gasteiger partial charge in [0.15, 0.2) is 0 Å². The minimum absolute atomic E-state index is 0.0446. The first kappa shape index (κ1) is 29.9. The van der Waals surface area contributed by atoms with E-state index in [9.17, 15) is 19.5 Å². The van der Waals surface area contributed by atoms with Crippen molar-refractivity contribution in [1.82, 2.24) is 10.2 Å². The highest BCUT2D eigenvalue weighted by atomic mass is 16.6. The number of carbonyl (C=O) groups is 3. The van der Waals surface area contributed by atoms with Gasteiger partial charge < -0.3 is 25.8 Å². The molecule has 0 spiro atoms. The summed E-state index contributed by atoms with van der Waals surface area (Å²) < 4.78 is 5.39. The molecule has 2 aromatic carbocycles. The lowest BCUT2D eigenvalue weighted by Crippen LogP contribution is -2.55. The van der Waals surface area contributed by atoms with Crippen molar-refractivity contribution in [3.63, 3.8) is 0 Å². The van der Waals surface area contributed by atoms with E-state index in [1.54, 1.807) is 83.2 Å². The number of rotatable bonds is 9. The van der Waals surface area contributed by atoms with Crippen LogP contribution in [-0.2, 0) is 20.7 Å². The zero-order chi connectivity index (χ0) is 28.6. The van der Waals surface area contributed by atoms with Gasteiger partial charge in [-0.05, 0) is 88.1 Å². The number of nitrogens with two attached hydrogens (primary N) is 1. The van der Waals surface area contributed by atoms with Gasteiger partial charge in [0.2, 0.25) is 11.8 Å². The smallest absolute Gasteiger partial charge is 0.408 e. The van der Waals surface area contributed by atoms with E-state index in [1.165, 1.54) is 11.8 Å². The number of aromatic hydroxyl groups is 1. The second-order valence-electron chi connectivity index (χ2n) is 10.2. The number of nitrogens with one attached hydrogen (secondary N) is 1. The average molecular weight is 521 g/mol. The molecule has 0 saturated carbocycles. The van der Waals surface area contributed by atoms with Crippen LogP contribution < -0.4 is 11.1 Å². The molecule has 0 aliphatic rings. The van der Waals surface area contributed by atoms with Gasteiger partial charge in [0, 0.05) is 13.0 Å². The maximum Gasteiger partial charge on any atom is 0.408 e. The second-order valence-corrected chi connectivity index (χ2v) is 10.2. The number of phenols is 1. The Labute approximate surface area is 223 Å². The molecule has 0 radical (unpaired) electrons. The molecule has 1 unspecified atom stereocenters. The number of phenolic OH excluding ortho intramolecular Hbond substituents is 1. The SMILES string of the molecule is Cc1cc(O)cc(C)c1CC(NC(=O)OC(C)(C)C)C(=O)N(CC=Cc1ccc(C#N)cc1)[C@H](C)C(N)=O. The first-order valence-electron chi connectivity index (χ1n) is 12.3. The standard InChI is InChI=1S/C29H36N4O5/c1-18-14-23(34)15-19(2)24(18)16-25(32-28(37)38-29(4,5)6)27(36)33(20(3)26(31)35)13-7-8-21-9-11-22(17-30)12-10-21/h7-12,14-15,20,25,34H,13,16H2,1-6H3,(H2,31,35)(H,32,37)/t20-,25?/m1/s1. The Balaban J connectivity index is 2.40. The third-order valence-corrected chi connectivity index (χ3v) is 5.89. The van der Waals surface area contributed by atoms with Gasteiger partial charge in [0.05, 0.1) is 11.6 Å². The summed E-state index contributed by atoms with van der Waals surface area (Å²) in [5.74, 6) is -1.11. The Morgan fingerprint density at radius 3 is 2.24 bits per heavy atom. The molecule has 9 heteroatoms. The summed E-state index contributed by atoms with van der Waals surface area (Å²) in [6, 6.07) is 10.1. The quantitative estimate of drug-likeness (QED) is 0.459. The fourth-order valence-electron chi connectivity index (χ4n) is 3.91. The number of hydrogen-bond donors (Lipinski definition) is 3. The Morgan fingerprint density at radius 1 is 1.16 bits per heavy atom. The Hall–Kier alpha value is -4.32. The lowest BCUT2D eigenvalue weighted by atomic mass is 9.95. The zero-order valence-corrected chi connectivity index (χ0v) is 22.7. The molecular formula is C29H36N4O5. The van der Waals surface area contributed by atoms with Gasteiger partial charge in [-0.15, -0.1) is 0 Å². The number of nitriles is 1. The lowest BCUT2D eigenvalue weighted by molar-refractivity contribution is -0.139. The summed E-state index contributed by atoms with van der Waals surface area (Å²) in [4.78, 5) is 40.0. The average Bonchev–Trinajstić information content (AvgIpc) is 2.81. The number of aryl methyl sites for hydroxylation is 2. The molecule has 0 saturated heterocycles. The molecule has 0 bridgehead atoms. The van der Waals surface area contributed by atoms with Gasteiger partial charge in [0.1, 0.15) is 23.4 Å². The van der Waals surface area contributed by atoms with E-state index in [4.69, 9.17) is 15.7 Å². The first-order chi connectivity index (χ1) is 17.7. The van der Waals surface area contributed by atoms with Crippen molar-refractivity contribution >= 4 is 24.0 Å². The predicted molar refractivity (Wildman–Crippen MR) is 145 cm³/mol. The van der Waals surface area contributed by atoms with Crippen molar-refractivity contribution < 1.29 is 24.2 Å². The van der Waals surface area contributed by atoms with Crippen LogP contribution >= 0.6 is 0 Å². The van der Waals surface area contributed by atoms with E-state index in [-0.39, 0.29) is 18.7 Å². The summed E-state index contributed by atoms with van der Waals surface area (Å²) in [6.45, 7) is 10.3. The van der Waals surface area contributed by atoms with Crippen molar-refractivity contribution in [2.75, 3.05) is 6.54 Å². The minimum atomic E-state index is -1.07. The van der Waals surface area contributed by atoms with Gasteiger partial charge in [-0.2, -0.15) is 5.26 Å². The molecule has 3 amide bonds. The Bertz CT molecular complexity index is 1220. The van der Waals surface area contributed by atoms with Crippen molar-refractivity contribution in [1.29, 1.82) is 5.26 Å². The van der Waals surface area contributed by atoms with Gasteiger partial charge in [-0.25, -0.2) is 4.79 Å². The molecule has 2 atom stereocenters. The highest BCUT2D eigenvalue weighted by Gasteiger charge is 2.32. The summed E-state index contributed by atoms with van der Waals surface area (Å²) in [6.07, 6.45) is 2.81. The van der Waals surface area contributed by atoms with Crippen molar-refractivity contribution in [2.24, 2.45) is 5.73 Å². The number of alkyl carbamates (subject to hydrolysis) is 1. The molecule has 0 heterocycles. The van der Waals surface area contributed by atoms with Crippen molar-refractivity contribution in [3.05, 3.63) is 70.3 Å². The van der Waals surface area contributed by atoms with Gasteiger partial charge in [-0.1, -0.05) is 24.3 Å². The number of nitrogens with zero attached hydrogens (tertiary/aromatic N) is 2. The molecule has 0 aliphatic carbocycles. The number of amides is 3. The van der Waals surface area contributed by atoms with Crippen LogP contribution in [0.5, 0.6) is 5.75 Å². The van der Waals surface area contributed by atoms with Crippen LogP contribution in [0.25, 0.3) is 6.08 Å². The zero-order valence-electron chi connectivity index (χ0n) is 22.7. The summed E-state index contributed by atoms with van der Waals surface area (Å²) in [5.41, 5.74) is 8.39. The topological polar surface area (TPSA) is 146 Å². The van der Waals surface area contributed by atoms with Crippen LogP contribution in [0, 0.1) is 25.2 Å². The molecule has 0 aliphatic heterocycles. The van der Waals surface area contributed by atoms with Crippen LogP contribution in [0.1, 0.15) is 55.5 Å². The number of carbonyl (C=O) groups excluding carboxylic acids is 3. The van der Waals surface area contributed by atoms with Crippen molar-refractivity contribution in [3.8, 4) is 11.8 Å². The molecule has 9 nitrogen and oxygen atoms in total. The lowest BCUT2D eigenvalue weighted by Gasteiger charge is -2.31. The van der Waals surface area contributed by atoms with Crippen LogP contribution in [0.3, 0.4) is 0 Å². The summed E-state index contributed by atoms with van der Waals surface area (Å²) >= 11 is 0. The fraction of sp³-hybridized carbons (Fsp3) is 0.379. The van der Waals surface area contributed by atoms with E-state index in [2.05, 4.69) is 11.4 Å². The van der Waals surface area contributed by atoms with Gasteiger partial charge in [0.25, 0.3) is 0 Å². The second kappa shape index (κ2) is 12.8. The third-order valence-electron chi connectivity index (χ3n) is 5.89. The van der Waals surface area contributed by atoms with Crippen LogP contribution in [0.2, 0.25) is 0 Å². The monoisotopic (exact) mass is 520 g/mol. The Morgan fingerprint density at radius 2 is 1.74 bits per heavy atom. The predicted octanol–water partition coefficient (Wildman–Crippen LogP) is 3.73. The van der Waals surface area contributed by atoms with E-state index in [0.717, 1.165) is 22.3 Å². The number of hydrogen-bond acceptors (Lipinski definition) is 6. The summed E-state index contributed by atoms with van der Waals surface area (Å²) in [7, 11) is 0. The van der Waals surface area contributed by atoms with Gasteiger partial charge in [-0.3, -0.25) is 9.59 Å². The molecule has 38 heavy (non-hydrogen) atoms. The maximum atomic E-state index is 13.8. The molecule has 0 aromatic heterocycles. The molecule has 202 valence electrons. The third kappa shape index (κ3) is 8.66. The van der Waals surface area contributed by atoms with E-state index >= 15 is 0 Å². The summed E-state index contributed by atoms with van der Waals surface area (Å²) in [5, 5.41) is 21.6. The largest absolute Gasteiger partial charge is 0.508 e. The molecular weight excluding hydrogens is 484 g/mol. The number of ether oxygens (including phenoxy) is 1. The molecule has 2 aromatic rings. The van der Waals surface area contributed by atoms with Gasteiger partial charge >= 0.3 is 6.09 Å². The maximum absolute atomic E-state index is 13.8. The fourth-order valence-corrected chi connectivity index (χ4v) is 3.91. The van der Waals surface area contributed by atoms with Crippen LogP contribution in [0.15, 0.2) is 42.5 Å². The van der Waals surface area contributed by atoms with E-state index in [0.29, 0.717) is 5.56 Å². The molecule has 4 N–H and O–H groups in total. The van der Waals surface area contributed by atoms with Crippen LogP contribution in [-0.4, -0.2) is 52.1 Å².